The Bertz CT molecular complexity index is 198. The summed E-state index contributed by atoms with van der Waals surface area (Å²) in [6, 6.07) is 0. The summed E-state index contributed by atoms with van der Waals surface area (Å²) in [5.41, 5.74) is 0.278. The Kier molecular flexibility index (Phi) is 2.48. The van der Waals surface area contributed by atoms with E-state index in [2.05, 4.69) is 38.7 Å². The summed E-state index contributed by atoms with van der Waals surface area (Å²) in [6.07, 6.45) is 11.2. The van der Waals surface area contributed by atoms with Gasteiger partial charge in [-0.2, -0.15) is 0 Å². The zero-order valence-corrected chi connectivity index (χ0v) is 9.62. The lowest BCUT2D eigenvalue weighted by Gasteiger charge is -2.33. The second-order valence-corrected chi connectivity index (χ2v) is 8.42. The van der Waals surface area contributed by atoms with Gasteiger partial charge in [-0.05, 0) is 37.7 Å². The molecular formula is C10H20OS. The van der Waals surface area contributed by atoms with Crippen molar-refractivity contribution in [2.45, 2.75) is 26.7 Å². The molecule has 0 bridgehead atoms. The van der Waals surface area contributed by atoms with Gasteiger partial charge in [0.25, 0.3) is 0 Å². The highest BCUT2D eigenvalue weighted by molar-refractivity contribution is 8.28. The van der Waals surface area contributed by atoms with Gasteiger partial charge >= 0.3 is 0 Å². The molecule has 0 atom stereocenters. The number of hydrogen-bond donors (Lipinski definition) is 0. The van der Waals surface area contributed by atoms with Crippen LogP contribution in [0, 0.1) is 5.41 Å². The molecule has 12 heavy (non-hydrogen) atoms. The van der Waals surface area contributed by atoms with Crippen LogP contribution >= 0.6 is 10.3 Å². The van der Waals surface area contributed by atoms with Gasteiger partial charge in [-0.3, -0.25) is 0 Å². The predicted molar refractivity (Wildman–Crippen MR) is 57.5 cm³/mol. The van der Waals surface area contributed by atoms with E-state index in [-0.39, 0.29) is 5.41 Å². The Morgan fingerprint density at radius 2 is 1.92 bits per heavy atom. The molecule has 1 nitrogen and oxygen atoms in total. The Balaban J connectivity index is 2.65. The van der Waals surface area contributed by atoms with Crippen LogP contribution in [0.1, 0.15) is 26.7 Å². The SMILES string of the molecule is CC1(C)CCC=C1OS(C)(C)C. The molecule has 1 rings (SSSR count). The first-order valence-electron chi connectivity index (χ1n) is 4.40. The van der Waals surface area contributed by atoms with Gasteiger partial charge in [0.2, 0.25) is 0 Å². The van der Waals surface area contributed by atoms with E-state index in [1.807, 2.05) is 0 Å². The van der Waals surface area contributed by atoms with Crippen molar-refractivity contribution in [3.8, 4) is 0 Å². The van der Waals surface area contributed by atoms with Crippen LogP contribution in [0.3, 0.4) is 0 Å². The van der Waals surface area contributed by atoms with Crippen LogP contribution in [-0.4, -0.2) is 18.8 Å². The third-order valence-corrected chi connectivity index (χ3v) is 2.79. The number of hydrogen-bond acceptors (Lipinski definition) is 1. The van der Waals surface area contributed by atoms with Gasteiger partial charge in [0.05, 0.1) is 0 Å². The summed E-state index contributed by atoms with van der Waals surface area (Å²) in [5.74, 6) is 1.21. The van der Waals surface area contributed by atoms with Gasteiger partial charge < -0.3 is 4.18 Å². The minimum absolute atomic E-state index is 0.278. The predicted octanol–water partition coefficient (Wildman–Crippen LogP) is 3.32. The summed E-state index contributed by atoms with van der Waals surface area (Å²) in [5, 5.41) is 0. The summed E-state index contributed by atoms with van der Waals surface area (Å²) < 4.78 is 5.96. The molecule has 0 heterocycles. The van der Waals surface area contributed by atoms with Gasteiger partial charge in [-0.1, -0.05) is 13.8 Å². The molecule has 0 amide bonds. The molecular weight excluding hydrogens is 168 g/mol. The Morgan fingerprint density at radius 3 is 2.25 bits per heavy atom. The van der Waals surface area contributed by atoms with Crippen LogP contribution in [0.4, 0.5) is 0 Å². The standard InChI is InChI=1S/C10H20OS/c1-10(2)8-6-7-9(10)11-12(3,4)5/h7H,6,8H2,1-5H3. The normalized spacial score (nSPS) is 23.6. The molecule has 0 aliphatic heterocycles. The first-order valence-corrected chi connectivity index (χ1v) is 7.18. The maximum Gasteiger partial charge on any atom is 0.113 e. The van der Waals surface area contributed by atoms with E-state index < -0.39 is 10.3 Å². The van der Waals surface area contributed by atoms with Gasteiger partial charge in [0.15, 0.2) is 0 Å². The second kappa shape index (κ2) is 2.99. The van der Waals surface area contributed by atoms with Crippen molar-refractivity contribution in [2.24, 2.45) is 5.41 Å². The van der Waals surface area contributed by atoms with Crippen LogP contribution in [0.2, 0.25) is 0 Å². The fourth-order valence-corrected chi connectivity index (χ4v) is 2.21. The minimum atomic E-state index is -0.847. The zero-order valence-electron chi connectivity index (χ0n) is 8.81. The van der Waals surface area contributed by atoms with Gasteiger partial charge in [-0.25, -0.2) is 0 Å². The molecule has 0 N–H and O–H groups in total. The monoisotopic (exact) mass is 188 g/mol. The highest BCUT2D eigenvalue weighted by Gasteiger charge is 2.30. The number of rotatable bonds is 2. The van der Waals surface area contributed by atoms with Crippen LogP contribution in [0.5, 0.6) is 0 Å². The highest BCUT2D eigenvalue weighted by atomic mass is 32.3. The lowest BCUT2D eigenvalue weighted by atomic mass is 9.92. The third-order valence-electron chi connectivity index (χ3n) is 2.11. The quantitative estimate of drug-likeness (QED) is 0.646. The third kappa shape index (κ3) is 2.44. The van der Waals surface area contributed by atoms with Crippen molar-refractivity contribution in [3.05, 3.63) is 11.8 Å². The lowest BCUT2D eigenvalue weighted by Crippen LogP contribution is -2.13. The van der Waals surface area contributed by atoms with E-state index in [1.165, 1.54) is 18.6 Å². The highest BCUT2D eigenvalue weighted by Crippen LogP contribution is 2.48. The van der Waals surface area contributed by atoms with Crippen LogP contribution in [0.25, 0.3) is 0 Å². The molecule has 0 aromatic carbocycles. The zero-order chi connectivity index (χ0) is 9.41. The second-order valence-electron chi connectivity index (χ2n) is 4.80. The van der Waals surface area contributed by atoms with Crippen LogP contribution in [0.15, 0.2) is 11.8 Å². The molecule has 0 aromatic heterocycles. The first kappa shape index (κ1) is 9.97. The molecule has 0 radical (unpaired) electrons. The summed E-state index contributed by atoms with van der Waals surface area (Å²) >= 11 is 0. The molecule has 1 aliphatic rings. The fraction of sp³-hybridized carbons (Fsp3) is 0.800. The topological polar surface area (TPSA) is 9.23 Å². The van der Waals surface area contributed by atoms with Crippen LogP contribution in [-0.2, 0) is 4.18 Å². The van der Waals surface area contributed by atoms with Crippen molar-refractivity contribution < 1.29 is 4.18 Å². The average Bonchev–Trinajstić information content (AvgIpc) is 2.07. The largest absolute Gasteiger partial charge is 0.454 e. The van der Waals surface area contributed by atoms with E-state index in [0.717, 1.165) is 0 Å². The van der Waals surface area contributed by atoms with Crippen molar-refractivity contribution in [3.63, 3.8) is 0 Å². The van der Waals surface area contributed by atoms with E-state index in [0.29, 0.717) is 0 Å². The van der Waals surface area contributed by atoms with Crippen molar-refractivity contribution in [2.75, 3.05) is 18.8 Å². The first-order chi connectivity index (χ1) is 5.31. The molecule has 0 aromatic rings. The molecule has 0 saturated carbocycles. The maximum absolute atomic E-state index is 5.96. The van der Waals surface area contributed by atoms with E-state index in [1.54, 1.807) is 0 Å². The minimum Gasteiger partial charge on any atom is -0.454 e. The Morgan fingerprint density at radius 1 is 1.33 bits per heavy atom. The molecule has 0 unspecified atom stereocenters. The van der Waals surface area contributed by atoms with Gasteiger partial charge in [-0.15, -0.1) is 10.3 Å². The van der Waals surface area contributed by atoms with Crippen molar-refractivity contribution in [1.29, 1.82) is 0 Å². The van der Waals surface area contributed by atoms with E-state index in [4.69, 9.17) is 4.18 Å². The molecule has 1 aliphatic carbocycles. The lowest BCUT2D eigenvalue weighted by molar-refractivity contribution is 0.305. The molecule has 2 heteroatoms. The Hall–Kier alpha value is -0.110. The smallest absolute Gasteiger partial charge is 0.113 e. The number of allylic oxidation sites excluding steroid dienone is 2. The summed E-state index contributed by atoms with van der Waals surface area (Å²) in [6.45, 7) is 4.52. The van der Waals surface area contributed by atoms with Crippen molar-refractivity contribution in [1.82, 2.24) is 0 Å². The van der Waals surface area contributed by atoms with Crippen molar-refractivity contribution >= 4 is 10.3 Å². The van der Waals surface area contributed by atoms with Gasteiger partial charge in [0, 0.05) is 5.41 Å². The summed E-state index contributed by atoms with van der Waals surface area (Å²) in [7, 11) is -0.847. The van der Waals surface area contributed by atoms with E-state index >= 15 is 0 Å². The fourth-order valence-electron chi connectivity index (χ4n) is 1.38. The molecule has 72 valence electrons. The average molecular weight is 188 g/mol. The van der Waals surface area contributed by atoms with E-state index in [9.17, 15) is 0 Å². The molecule has 0 saturated heterocycles. The molecule has 0 fully saturated rings. The Labute approximate surface area is 77.7 Å². The van der Waals surface area contributed by atoms with Crippen LogP contribution < -0.4 is 0 Å². The van der Waals surface area contributed by atoms with Gasteiger partial charge in [0.1, 0.15) is 5.76 Å². The molecule has 0 spiro atoms. The summed E-state index contributed by atoms with van der Waals surface area (Å²) in [4.78, 5) is 0. The maximum atomic E-state index is 5.96.